The molecule has 0 aromatic heterocycles. The number of carbonyl (C=O) groups excluding carboxylic acids is 3. The second-order valence-electron chi connectivity index (χ2n) is 6.71. The highest BCUT2D eigenvalue weighted by molar-refractivity contribution is 5.87. The summed E-state index contributed by atoms with van der Waals surface area (Å²) in [5.41, 5.74) is 1.06. The Balaban J connectivity index is 1.56. The largest absolute Gasteiger partial charge is 0.484 e. The van der Waals surface area contributed by atoms with Gasteiger partial charge in [0.25, 0.3) is 5.91 Å². The molecule has 2 aliphatic rings. The fraction of sp³-hybridized carbons (Fsp3) is 0.500. The van der Waals surface area contributed by atoms with E-state index >= 15 is 0 Å². The first-order valence-electron chi connectivity index (χ1n) is 8.46. The van der Waals surface area contributed by atoms with Crippen molar-refractivity contribution in [2.45, 2.75) is 32.4 Å². The van der Waals surface area contributed by atoms with Crippen LogP contribution in [0.2, 0.25) is 0 Å². The molecule has 0 aliphatic carbocycles. The summed E-state index contributed by atoms with van der Waals surface area (Å²) in [6, 6.07) is 7.42. The first kappa shape index (κ1) is 17.3. The Morgan fingerprint density at radius 1 is 1.32 bits per heavy atom. The second kappa shape index (κ2) is 7.13. The average molecular weight is 345 g/mol. The Morgan fingerprint density at radius 2 is 2.12 bits per heavy atom. The van der Waals surface area contributed by atoms with Crippen LogP contribution < -0.4 is 10.1 Å². The number of rotatable bonds is 4. The molecule has 0 spiro atoms. The van der Waals surface area contributed by atoms with Crippen molar-refractivity contribution in [1.29, 1.82) is 0 Å². The van der Waals surface area contributed by atoms with Gasteiger partial charge in [-0.05, 0) is 31.0 Å². The molecule has 134 valence electrons. The molecule has 0 bridgehead atoms. The van der Waals surface area contributed by atoms with Gasteiger partial charge in [-0.3, -0.25) is 14.4 Å². The molecule has 2 atom stereocenters. The molecule has 2 heterocycles. The van der Waals surface area contributed by atoms with Crippen LogP contribution in [-0.2, 0) is 14.4 Å². The topological polar surface area (TPSA) is 79.0 Å². The zero-order valence-electron chi connectivity index (χ0n) is 14.5. The first-order valence-corrected chi connectivity index (χ1v) is 8.46. The van der Waals surface area contributed by atoms with Crippen LogP contribution in [0, 0.1) is 6.92 Å². The van der Waals surface area contributed by atoms with Gasteiger partial charge in [-0.1, -0.05) is 12.1 Å². The summed E-state index contributed by atoms with van der Waals surface area (Å²) in [5.74, 6) is 0.271. The minimum Gasteiger partial charge on any atom is -0.484 e. The first-order chi connectivity index (χ1) is 11.9. The van der Waals surface area contributed by atoms with E-state index in [1.165, 1.54) is 6.92 Å². The van der Waals surface area contributed by atoms with Gasteiger partial charge in [-0.15, -0.1) is 0 Å². The standard InChI is InChI=1S/C18H23N3O4/c1-12-4-3-5-16(6-12)25-11-18(24)20-9-15-7-14(19-13(2)22)8-21(15)17(23)10-20/h3-6,14-15H,7-11H2,1-2H3,(H,19,22)/t14-,15-/m0/s1. The number of nitrogens with one attached hydrogen (secondary N) is 1. The van der Waals surface area contributed by atoms with E-state index in [0.717, 1.165) is 5.56 Å². The molecular weight excluding hydrogens is 322 g/mol. The number of fused-ring (bicyclic) bond motifs is 1. The number of hydrogen-bond donors (Lipinski definition) is 1. The Labute approximate surface area is 146 Å². The van der Waals surface area contributed by atoms with E-state index in [0.29, 0.717) is 25.3 Å². The maximum atomic E-state index is 12.4. The highest BCUT2D eigenvalue weighted by Crippen LogP contribution is 2.23. The molecule has 25 heavy (non-hydrogen) atoms. The number of benzene rings is 1. The lowest BCUT2D eigenvalue weighted by atomic mass is 10.1. The number of piperazine rings is 1. The van der Waals surface area contributed by atoms with Gasteiger partial charge >= 0.3 is 0 Å². The Kier molecular flexibility index (Phi) is 4.92. The van der Waals surface area contributed by atoms with Gasteiger partial charge in [-0.2, -0.15) is 0 Å². The molecule has 0 saturated carbocycles. The third-order valence-corrected chi connectivity index (χ3v) is 4.60. The van der Waals surface area contributed by atoms with Crippen molar-refractivity contribution in [3.63, 3.8) is 0 Å². The van der Waals surface area contributed by atoms with E-state index in [-0.39, 0.29) is 43.0 Å². The van der Waals surface area contributed by atoms with Gasteiger partial charge in [0.1, 0.15) is 5.75 Å². The van der Waals surface area contributed by atoms with Crippen LogP contribution in [0.1, 0.15) is 18.9 Å². The number of ether oxygens (including phenoxy) is 1. The molecule has 7 nitrogen and oxygen atoms in total. The number of carbonyl (C=O) groups is 3. The van der Waals surface area contributed by atoms with E-state index < -0.39 is 0 Å². The lowest BCUT2D eigenvalue weighted by Crippen LogP contribution is -2.56. The van der Waals surface area contributed by atoms with E-state index in [1.807, 2.05) is 25.1 Å². The van der Waals surface area contributed by atoms with E-state index in [2.05, 4.69) is 5.32 Å². The van der Waals surface area contributed by atoms with Crippen molar-refractivity contribution in [3.05, 3.63) is 29.8 Å². The molecule has 3 amide bonds. The minimum absolute atomic E-state index is 0.0370. The molecule has 3 rings (SSSR count). The summed E-state index contributed by atoms with van der Waals surface area (Å²) in [6.07, 6.45) is 0.674. The summed E-state index contributed by atoms with van der Waals surface area (Å²) in [5, 5.41) is 2.85. The lowest BCUT2D eigenvalue weighted by Gasteiger charge is -2.36. The third-order valence-electron chi connectivity index (χ3n) is 4.60. The number of aryl methyl sites for hydroxylation is 1. The summed E-state index contributed by atoms with van der Waals surface area (Å²) in [7, 11) is 0. The van der Waals surface area contributed by atoms with Gasteiger partial charge in [-0.25, -0.2) is 0 Å². The SMILES string of the molecule is CC(=O)N[C@H]1C[C@H]2CN(C(=O)COc3cccc(C)c3)CC(=O)N2C1. The van der Waals surface area contributed by atoms with Gasteiger partial charge in [0.05, 0.1) is 12.6 Å². The number of amides is 3. The van der Waals surface area contributed by atoms with Crippen molar-refractivity contribution >= 4 is 17.7 Å². The van der Waals surface area contributed by atoms with Crippen LogP contribution in [-0.4, -0.2) is 65.8 Å². The molecule has 1 N–H and O–H groups in total. The maximum absolute atomic E-state index is 12.4. The van der Waals surface area contributed by atoms with Crippen molar-refractivity contribution in [2.24, 2.45) is 0 Å². The number of nitrogens with zero attached hydrogens (tertiary/aromatic N) is 2. The minimum atomic E-state index is -0.197. The second-order valence-corrected chi connectivity index (χ2v) is 6.71. The van der Waals surface area contributed by atoms with Crippen LogP contribution in [0.15, 0.2) is 24.3 Å². The maximum Gasteiger partial charge on any atom is 0.261 e. The molecule has 1 aromatic rings. The van der Waals surface area contributed by atoms with Crippen LogP contribution in [0.5, 0.6) is 5.75 Å². The highest BCUT2D eigenvalue weighted by Gasteiger charge is 2.41. The molecule has 0 radical (unpaired) electrons. The Morgan fingerprint density at radius 3 is 2.84 bits per heavy atom. The molecule has 0 unspecified atom stereocenters. The number of hydrogen-bond acceptors (Lipinski definition) is 4. The van der Waals surface area contributed by atoms with Crippen molar-refractivity contribution in [3.8, 4) is 5.75 Å². The van der Waals surface area contributed by atoms with Gasteiger partial charge in [0.2, 0.25) is 11.8 Å². The fourth-order valence-corrected chi connectivity index (χ4v) is 3.49. The summed E-state index contributed by atoms with van der Waals surface area (Å²) in [6.45, 7) is 4.41. The van der Waals surface area contributed by atoms with E-state index in [4.69, 9.17) is 4.74 Å². The van der Waals surface area contributed by atoms with E-state index in [1.54, 1.807) is 15.9 Å². The van der Waals surface area contributed by atoms with Crippen molar-refractivity contribution in [2.75, 3.05) is 26.2 Å². The van der Waals surface area contributed by atoms with Crippen LogP contribution >= 0.6 is 0 Å². The van der Waals surface area contributed by atoms with E-state index in [9.17, 15) is 14.4 Å². The Hall–Kier alpha value is -2.57. The molecule has 2 saturated heterocycles. The van der Waals surface area contributed by atoms with Crippen LogP contribution in [0.4, 0.5) is 0 Å². The predicted octanol–water partition coefficient (Wildman–Crippen LogP) is 0.322. The van der Waals surface area contributed by atoms with Crippen LogP contribution in [0.3, 0.4) is 0 Å². The molecule has 2 fully saturated rings. The fourth-order valence-electron chi connectivity index (χ4n) is 3.49. The molecule has 2 aliphatic heterocycles. The quantitative estimate of drug-likeness (QED) is 0.852. The third kappa shape index (κ3) is 4.10. The summed E-state index contributed by atoms with van der Waals surface area (Å²) in [4.78, 5) is 39.3. The van der Waals surface area contributed by atoms with Gasteiger partial charge in [0.15, 0.2) is 6.61 Å². The zero-order valence-corrected chi connectivity index (χ0v) is 14.5. The lowest BCUT2D eigenvalue weighted by molar-refractivity contribution is -0.148. The molecular formula is C18H23N3O4. The molecule has 1 aromatic carbocycles. The smallest absolute Gasteiger partial charge is 0.261 e. The predicted molar refractivity (Wildman–Crippen MR) is 91.0 cm³/mol. The summed E-state index contributed by atoms with van der Waals surface area (Å²) < 4.78 is 5.55. The van der Waals surface area contributed by atoms with Gasteiger partial charge in [0, 0.05) is 26.1 Å². The van der Waals surface area contributed by atoms with Crippen molar-refractivity contribution in [1.82, 2.24) is 15.1 Å². The average Bonchev–Trinajstić information content (AvgIpc) is 2.95. The monoisotopic (exact) mass is 345 g/mol. The zero-order chi connectivity index (χ0) is 18.0. The van der Waals surface area contributed by atoms with Crippen molar-refractivity contribution < 1.29 is 19.1 Å². The highest BCUT2D eigenvalue weighted by atomic mass is 16.5. The summed E-state index contributed by atoms with van der Waals surface area (Å²) >= 11 is 0. The van der Waals surface area contributed by atoms with Crippen LogP contribution in [0.25, 0.3) is 0 Å². The Bertz CT molecular complexity index is 691. The normalized spacial score (nSPS) is 22.6. The van der Waals surface area contributed by atoms with Gasteiger partial charge < -0.3 is 19.9 Å². The molecule has 7 heteroatoms.